The second kappa shape index (κ2) is 2.84. The van der Waals surface area contributed by atoms with Gasteiger partial charge < -0.3 is 0 Å². The first-order chi connectivity index (χ1) is 5.43. The highest BCUT2D eigenvalue weighted by atomic mass is 15.6. The quantitative estimate of drug-likeness (QED) is 0.639. The van der Waals surface area contributed by atoms with Gasteiger partial charge in [0, 0.05) is 5.92 Å². The number of nitrogens with zero attached hydrogens (tertiary/aromatic N) is 4. The molecule has 0 aromatic carbocycles. The van der Waals surface area contributed by atoms with Gasteiger partial charge in [-0.1, -0.05) is 13.8 Å². The van der Waals surface area contributed by atoms with Crippen molar-refractivity contribution in [2.24, 2.45) is 0 Å². The minimum absolute atomic E-state index is 0.0247. The van der Waals surface area contributed by atoms with Crippen molar-refractivity contribution in [1.82, 2.24) is 20.2 Å². The summed E-state index contributed by atoms with van der Waals surface area (Å²) in [6, 6.07) is 0. The molecule has 1 aromatic heterocycles. The third-order valence-electron chi connectivity index (χ3n) is 1.65. The molecule has 0 radical (unpaired) electrons. The van der Waals surface area contributed by atoms with Crippen LogP contribution in [-0.4, -0.2) is 20.2 Å². The molecule has 0 unspecified atom stereocenters. The minimum Gasteiger partial charge on any atom is -0.224 e. The minimum atomic E-state index is -0.0247. The van der Waals surface area contributed by atoms with Gasteiger partial charge in [-0.2, -0.15) is 0 Å². The van der Waals surface area contributed by atoms with Crippen LogP contribution in [0.4, 0.5) is 0 Å². The summed E-state index contributed by atoms with van der Waals surface area (Å²) in [5, 5.41) is 11.6. The molecule has 4 heteroatoms. The maximum Gasteiger partial charge on any atom is 0.154 e. The maximum atomic E-state index is 3.98. The average Bonchev–Trinajstić information content (AvgIpc) is 2.30. The smallest absolute Gasteiger partial charge is 0.154 e. The van der Waals surface area contributed by atoms with E-state index in [2.05, 4.69) is 50.1 Å². The lowest BCUT2D eigenvalue weighted by Crippen LogP contribution is -2.26. The fourth-order valence-corrected chi connectivity index (χ4v) is 1.03. The predicted octanol–water partition coefficient (Wildman–Crippen LogP) is 1.55. The topological polar surface area (TPSA) is 43.6 Å². The zero-order valence-electron chi connectivity index (χ0n) is 8.37. The van der Waals surface area contributed by atoms with Crippen LogP contribution in [-0.2, 0) is 5.54 Å². The Labute approximate surface area is 73.0 Å². The molecule has 0 aliphatic carbocycles. The van der Waals surface area contributed by atoms with Crippen LogP contribution in [0.3, 0.4) is 0 Å². The molecule has 0 aliphatic rings. The van der Waals surface area contributed by atoms with Gasteiger partial charge in [-0.25, -0.2) is 4.68 Å². The number of aromatic nitrogens is 4. The Hall–Kier alpha value is -0.930. The molecular formula is C8H16N4. The van der Waals surface area contributed by atoms with Gasteiger partial charge in [0.2, 0.25) is 0 Å². The molecule has 0 saturated heterocycles. The molecule has 1 aromatic rings. The van der Waals surface area contributed by atoms with Crippen molar-refractivity contribution >= 4 is 0 Å². The maximum absolute atomic E-state index is 3.98. The van der Waals surface area contributed by atoms with Crippen LogP contribution in [0.15, 0.2) is 0 Å². The van der Waals surface area contributed by atoms with E-state index in [1.807, 2.05) is 4.68 Å². The van der Waals surface area contributed by atoms with Crippen molar-refractivity contribution in [2.45, 2.75) is 46.1 Å². The molecule has 68 valence electrons. The Balaban J connectivity index is 3.08. The van der Waals surface area contributed by atoms with Crippen LogP contribution in [0.5, 0.6) is 0 Å². The fourth-order valence-electron chi connectivity index (χ4n) is 1.03. The standard InChI is InChI=1S/C8H16N4/c1-6(2)7-9-10-11-12(7)8(3,4)5/h6H,1-5H3. The van der Waals surface area contributed by atoms with Gasteiger partial charge >= 0.3 is 0 Å². The summed E-state index contributed by atoms with van der Waals surface area (Å²) in [6.45, 7) is 10.5. The van der Waals surface area contributed by atoms with Gasteiger partial charge in [-0.3, -0.25) is 0 Å². The summed E-state index contributed by atoms with van der Waals surface area (Å²) in [4.78, 5) is 0. The van der Waals surface area contributed by atoms with E-state index in [1.165, 1.54) is 0 Å². The molecule has 0 spiro atoms. The molecule has 0 aliphatic heterocycles. The Bertz CT molecular complexity index is 256. The van der Waals surface area contributed by atoms with E-state index in [0.29, 0.717) is 5.92 Å². The molecular weight excluding hydrogens is 152 g/mol. The molecule has 0 bridgehead atoms. The van der Waals surface area contributed by atoms with Crippen LogP contribution in [0, 0.1) is 0 Å². The fraction of sp³-hybridized carbons (Fsp3) is 0.875. The molecule has 12 heavy (non-hydrogen) atoms. The molecule has 0 N–H and O–H groups in total. The molecule has 1 heterocycles. The van der Waals surface area contributed by atoms with Crippen LogP contribution < -0.4 is 0 Å². The second-order valence-corrected chi connectivity index (χ2v) is 4.27. The van der Waals surface area contributed by atoms with Gasteiger partial charge in [-0.05, 0) is 31.2 Å². The Kier molecular flexibility index (Phi) is 2.17. The van der Waals surface area contributed by atoms with Gasteiger partial charge in [0.05, 0.1) is 5.54 Å². The van der Waals surface area contributed by atoms with Gasteiger partial charge in [0.15, 0.2) is 5.82 Å². The first-order valence-electron chi connectivity index (χ1n) is 4.21. The Morgan fingerprint density at radius 3 is 2.17 bits per heavy atom. The van der Waals surface area contributed by atoms with Crippen molar-refractivity contribution in [3.05, 3.63) is 5.82 Å². The molecule has 4 nitrogen and oxygen atoms in total. The summed E-state index contributed by atoms with van der Waals surface area (Å²) < 4.78 is 1.87. The van der Waals surface area contributed by atoms with Gasteiger partial charge in [0.1, 0.15) is 0 Å². The molecule has 0 fully saturated rings. The summed E-state index contributed by atoms with van der Waals surface area (Å²) in [5.74, 6) is 1.32. The lowest BCUT2D eigenvalue weighted by molar-refractivity contribution is 0.330. The van der Waals surface area contributed by atoms with Crippen LogP contribution in [0.25, 0.3) is 0 Å². The van der Waals surface area contributed by atoms with E-state index in [1.54, 1.807) is 0 Å². The van der Waals surface area contributed by atoms with E-state index >= 15 is 0 Å². The first kappa shape index (κ1) is 9.16. The lowest BCUT2D eigenvalue weighted by Gasteiger charge is -2.20. The van der Waals surface area contributed by atoms with Crippen molar-refractivity contribution < 1.29 is 0 Å². The number of rotatable bonds is 1. The Morgan fingerprint density at radius 2 is 1.83 bits per heavy atom. The van der Waals surface area contributed by atoms with E-state index in [-0.39, 0.29) is 5.54 Å². The third-order valence-corrected chi connectivity index (χ3v) is 1.65. The van der Waals surface area contributed by atoms with E-state index in [9.17, 15) is 0 Å². The Morgan fingerprint density at radius 1 is 1.25 bits per heavy atom. The zero-order chi connectivity index (χ0) is 9.35. The summed E-state index contributed by atoms with van der Waals surface area (Å²) >= 11 is 0. The largest absolute Gasteiger partial charge is 0.224 e. The van der Waals surface area contributed by atoms with Crippen molar-refractivity contribution in [3.63, 3.8) is 0 Å². The van der Waals surface area contributed by atoms with Crippen molar-refractivity contribution in [3.8, 4) is 0 Å². The highest BCUT2D eigenvalue weighted by Crippen LogP contribution is 2.18. The molecule has 0 saturated carbocycles. The highest BCUT2D eigenvalue weighted by Gasteiger charge is 2.20. The average molecular weight is 168 g/mol. The van der Waals surface area contributed by atoms with Crippen molar-refractivity contribution in [2.75, 3.05) is 0 Å². The van der Waals surface area contributed by atoms with E-state index in [0.717, 1.165) is 5.82 Å². The summed E-state index contributed by atoms with van der Waals surface area (Å²) in [7, 11) is 0. The summed E-state index contributed by atoms with van der Waals surface area (Å²) in [6.07, 6.45) is 0. The van der Waals surface area contributed by atoms with E-state index < -0.39 is 0 Å². The number of tetrazole rings is 1. The third kappa shape index (κ3) is 1.62. The highest BCUT2D eigenvalue weighted by molar-refractivity contribution is 4.92. The van der Waals surface area contributed by atoms with Crippen LogP contribution in [0.1, 0.15) is 46.4 Å². The second-order valence-electron chi connectivity index (χ2n) is 4.27. The lowest BCUT2D eigenvalue weighted by atomic mass is 10.1. The number of hydrogen-bond donors (Lipinski definition) is 0. The molecule has 1 rings (SSSR count). The van der Waals surface area contributed by atoms with Crippen LogP contribution >= 0.6 is 0 Å². The predicted molar refractivity (Wildman–Crippen MR) is 46.9 cm³/mol. The first-order valence-corrected chi connectivity index (χ1v) is 4.21. The van der Waals surface area contributed by atoms with Gasteiger partial charge in [-0.15, -0.1) is 5.10 Å². The summed E-state index contributed by atoms with van der Waals surface area (Å²) in [5.41, 5.74) is -0.0247. The molecule has 0 atom stereocenters. The van der Waals surface area contributed by atoms with Crippen LogP contribution in [0.2, 0.25) is 0 Å². The zero-order valence-corrected chi connectivity index (χ0v) is 8.37. The number of hydrogen-bond acceptors (Lipinski definition) is 3. The van der Waals surface area contributed by atoms with Crippen molar-refractivity contribution in [1.29, 1.82) is 0 Å². The SMILES string of the molecule is CC(C)c1nnnn1C(C)(C)C. The van der Waals surface area contributed by atoms with Gasteiger partial charge in [0.25, 0.3) is 0 Å². The monoisotopic (exact) mass is 168 g/mol. The molecule has 0 amide bonds. The van der Waals surface area contributed by atoms with E-state index in [4.69, 9.17) is 0 Å². The normalized spacial score (nSPS) is 12.5.